The summed E-state index contributed by atoms with van der Waals surface area (Å²) in [5.74, 6) is -0.216. The second-order valence-corrected chi connectivity index (χ2v) is 5.52. The molecule has 1 fully saturated rings. The molecule has 0 spiro atoms. The van der Waals surface area contributed by atoms with Crippen molar-refractivity contribution in [1.82, 2.24) is 0 Å². The van der Waals surface area contributed by atoms with Gasteiger partial charge in [0, 0.05) is 12.0 Å². The number of benzene rings is 1. The number of carbonyl (C=O) groups is 1. The van der Waals surface area contributed by atoms with E-state index in [2.05, 4.69) is 18.7 Å². The molecule has 2 heteroatoms. The lowest BCUT2D eigenvalue weighted by Gasteiger charge is -2.14. The first-order chi connectivity index (χ1) is 9.16. The largest absolute Gasteiger partial charge is 0.478 e. The smallest absolute Gasteiger partial charge is 0.331 e. The average molecular weight is 258 g/mol. The van der Waals surface area contributed by atoms with Crippen molar-refractivity contribution >= 4 is 5.97 Å². The molecule has 0 bridgehead atoms. The molecule has 0 aliphatic heterocycles. The Balaban J connectivity index is 2.01. The lowest BCUT2D eigenvalue weighted by Crippen LogP contribution is -2.02. The first-order valence-electron chi connectivity index (χ1n) is 7.16. The Hall–Kier alpha value is -1.57. The Morgan fingerprint density at radius 1 is 1.11 bits per heavy atom. The second-order valence-electron chi connectivity index (χ2n) is 5.52. The van der Waals surface area contributed by atoms with Crippen molar-refractivity contribution in [3.05, 3.63) is 47.5 Å². The molecule has 0 unspecified atom stereocenters. The highest BCUT2D eigenvalue weighted by Gasteiger charge is 2.14. The van der Waals surface area contributed by atoms with Crippen LogP contribution in [-0.2, 0) is 11.2 Å². The number of carboxylic acid groups (broad SMARTS) is 1. The second kappa shape index (κ2) is 6.55. The Bertz CT molecular complexity index is 437. The van der Waals surface area contributed by atoms with E-state index < -0.39 is 5.97 Å². The fourth-order valence-electron chi connectivity index (χ4n) is 2.84. The monoisotopic (exact) mass is 258 g/mol. The summed E-state index contributed by atoms with van der Waals surface area (Å²) in [4.78, 5) is 10.8. The van der Waals surface area contributed by atoms with Gasteiger partial charge in [-0.1, -0.05) is 56.5 Å². The summed E-state index contributed by atoms with van der Waals surface area (Å²) in [5.41, 5.74) is 2.69. The topological polar surface area (TPSA) is 37.3 Å². The molecule has 1 aromatic carbocycles. The Labute approximate surface area is 115 Å². The van der Waals surface area contributed by atoms with Crippen LogP contribution in [0.5, 0.6) is 0 Å². The molecule has 0 amide bonds. The van der Waals surface area contributed by atoms with E-state index in [-0.39, 0.29) is 5.57 Å². The summed E-state index contributed by atoms with van der Waals surface area (Å²) in [7, 11) is 0. The molecular weight excluding hydrogens is 236 g/mol. The molecule has 1 aliphatic carbocycles. The molecule has 2 rings (SSSR count). The van der Waals surface area contributed by atoms with Gasteiger partial charge in [-0.3, -0.25) is 0 Å². The van der Waals surface area contributed by atoms with Crippen molar-refractivity contribution in [1.29, 1.82) is 0 Å². The molecular formula is C17H22O2. The van der Waals surface area contributed by atoms with E-state index in [0.29, 0.717) is 12.3 Å². The van der Waals surface area contributed by atoms with E-state index in [0.717, 1.165) is 5.56 Å². The van der Waals surface area contributed by atoms with Crippen LogP contribution >= 0.6 is 0 Å². The van der Waals surface area contributed by atoms with Crippen LogP contribution < -0.4 is 0 Å². The van der Waals surface area contributed by atoms with Crippen molar-refractivity contribution in [2.45, 2.75) is 50.9 Å². The lowest BCUT2D eigenvalue weighted by molar-refractivity contribution is -0.132. The molecule has 1 saturated carbocycles. The average Bonchev–Trinajstić information content (AvgIpc) is 2.68. The highest BCUT2D eigenvalue weighted by molar-refractivity contribution is 5.86. The minimum Gasteiger partial charge on any atom is -0.478 e. The third-order valence-corrected chi connectivity index (χ3v) is 4.03. The van der Waals surface area contributed by atoms with E-state index in [1.54, 1.807) is 0 Å². The van der Waals surface area contributed by atoms with E-state index in [1.807, 2.05) is 12.1 Å². The number of aliphatic carboxylic acids is 1. The maximum absolute atomic E-state index is 10.8. The highest BCUT2D eigenvalue weighted by atomic mass is 16.4. The molecule has 19 heavy (non-hydrogen) atoms. The summed E-state index contributed by atoms with van der Waals surface area (Å²) in [5, 5.41) is 8.83. The fraction of sp³-hybridized carbons (Fsp3) is 0.471. The van der Waals surface area contributed by atoms with E-state index in [1.165, 1.54) is 44.1 Å². The van der Waals surface area contributed by atoms with Crippen LogP contribution in [0.15, 0.2) is 36.4 Å². The Morgan fingerprint density at radius 2 is 1.68 bits per heavy atom. The third-order valence-electron chi connectivity index (χ3n) is 4.03. The van der Waals surface area contributed by atoms with Gasteiger partial charge in [0.25, 0.3) is 0 Å². The molecule has 1 aromatic rings. The predicted octanol–water partition coefficient (Wildman–Crippen LogP) is 4.31. The quantitative estimate of drug-likeness (QED) is 0.645. The summed E-state index contributed by atoms with van der Waals surface area (Å²) in [6, 6.07) is 8.43. The molecule has 1 aliphatic rings. The van der Waals surface area contributed by atoms with Crippen LogP contribution in [0, 0.1) is 0 Å². The molecule has 0 aromatic heterocycles. The molecule has 0 radical (unpaired) electrons. The van der Waals surface area contributed by atoms with Crippen LogP contribution in [-0.4, -0.2) is 11.1 Å². The van der Waals surface area contributed by atoms with Gasteiger partial charge >= 0.3 is 5.97 Å². The van der Waals surface area contributed by atoms with Gasteiger partial charge in [-0.05, 0) is 29.9 Å². The maximum Gasteiger partial charge on any atom is 0.331 e. The molecule has 102 valence electrons. The van der Waals surface area contributed by atoms with Crippen molar-refractivity contribution in [3.8, 4) is 0 Å². The summed E-state index contributed by atoms with van der Waals surface area (Å²) >= 11 is 0. The van der Waals surface area contributed by atoms with Crippen LogP contribution in [0.3, 0.4) is 0 Å². The number of carboxylic acids is 1. The SMILES string of the molecule is C=C(Cc1ccc(C2CCCCCC2)cc1)C(=O)O. The zero-order valence-electron chi connectivity index (χ0n) is 11.4. The van der Waals surface area contributed by atoms with Crippen LogP contribution in [0.25, 0.3) is 0 Å². The van der Waals surface area contributed by atoms with E-state index in [4.69, 9.17) is 5.11 Å². The van der Waals surface area contributed by atoms with Gasteiger partial charge in [-0.2, -0.15) is 0 Å². The summed E-state index contributed by atoms with van der Waals surface area (Å²) in [6.07, 6.45) is 8.42. The summed E-state index contributed by atoms with van der Waals surface area (Å²) in [6.45, 7) is 3.57. The maximum atomic E-state index is 10.8. The minimum absolute atomic E-state index is 0.252. The molecule has 2 nitrogen and oxygen atoms in total. The van der Waals surface area contributed by atoms with E-state index in [9.17, 15) is 4.79 Å². The zero-order chi connectivity index (χ0) is 13.7. The van der Waals surface area contributed by atoms with Gasteiger partial charge in [0.15, 0.2) is 0 Å². The molecule has 0 saturated heterocycles. The first kappa shape index (κ1) is 13.9. The van der Waals surface area contributed by atoms with Crippen LogP contribution in [0.4, 0.5) is 0 Å². The first-order valence-corrected chi connectivity index (χ1v) is 7.16. The van der Waals surface area contributed by atoms with Gasteiger partial charge in [-0.15, -0.1) is 0 Å². The van der Waals surface area contributed by atoms with Crippen molar-refractivity contribution in [2.24, 2.45) is 0 Å². The molecule has 0 atom stereocenters. The van der Waals surface area contributed by atoms with Crippen molar-refractivity contribution in [3.63, 3.8) is 0 Å². The molecule has 0 heterocycles. The highest BCUT2D eigenvalue weighted by Crippen LogP contribution is 2.31. The van der Waals surface area contributed by atoms with E-state index >= 15 is 0 Å². The van der Waals surface area contributed by atoms with Gasteiger partial charge in [0.2, 0.25) is 0 Å². The Morgan fingerprint density at radius 3 is 2.21 bits per heavy atom. The fourth-order valence-corrected chi connectivity index (χ4v) is 2.84. The molecule has 1 N–H and O–H groups in total. The number of hydrogen-bond acceptors (Lipinski definition) is 1. The zero-order valence-corrected chi connectivity index (χ0v) is 11.4. The number of rotatable bonds is 4. The summed E-state index contributed by atoms with van der Waals surface area (Å²) < 4.78 is 0. The van der Waals surface area contributed by atoms with Gasteiger partial charge in [0.1, 0.15) is 0 Å². The predicted molar refractivity (Wildman–Crippen MR) is 77.4 cm³/mol. The van der Waals surface area contributed by atoms with Crippen LogP contribution in [0.1, 0.15) is 55.6 Å². The minimum atomic E-state index is -0.909. The van der Waals surface area contributed by atoms with Crippen molar-refractivity contribution < 1.29 is 9.90 Å². The van der Waals surface area contributed by atoms with Crippen molar-refractivity contribution in [2.75, 3.05) is 0 Å². The standard InChI is InChI=1S/C17H22O2/c1-13(17(18)19)12-14-8-10-16(11-9-14)15-6-4-2-3-5-7-15/h8-11,15H,1-7,12H2,(H,18,19). The Kier molecular flexibility index (Phi) is 4.78. The third kappa shape index (κ3) is 3.95. The normalized spacial score (nSPS) is 16.8. The van der Waals surface area contributed by atoms with Crippen LogP contribution in [0.2, 0.25) is 0 Å². The lowest BCUT2D eigenvalue weighted by atomic mass is 9.91. The van der Waals surface area contributed by atoms with Gasteiger partial charge in [0.05, 0.1) is 0 Å². The van der Waals surface area contributed by atoms with Gasteiger partial charge < -0.3 is 5.11 Å². The number of hydrogen-bond donors (Lipinski definition) is 1. The van der Waals surface area contributed by atoms with Gasteiger partial charge in [-0.25, -0.2) is 4.79 Å².